The SMILES string of the molecule is N[C@@H]1CCCC(F)(F)C1NC(=O)c1cc(-c2cnc3cc(-c4ccc(F)cc4)cnn23)cs1. The number of imidazole rings is 1. The molecule has 1 aromatic carbocycles. The van der Waals surface area contributed by atoms with Gasteiger partial charge in [0.15, 0.2) is 5.65 Å². The van der Waals surface area contributed by atoms with Crippen LogP contribution in [0.3, 0.4) is 0 Å². The molecule has 1 aliphatic rings. The van der Waals surface area contributed by atoms with Crippen LogP contribution < -0.4 is 11.1 Å². The zero-order valence-corrected chi connectivity index (χ0v) is 18.2. The largest absolute Gasteiger partial charge is 0.341 e. The predicted octanol–water partition coefficient (Wildman–Crippen LogP) is 4.51. The first-order valence-corrected chi connectivity index (χ1v) is 11.3. The van der Waals surface area contributed by atoms with Crippen molar-refractivity contribution in [1.82, 2.24) is 19.9 Å². The van der Waals surface area contributed by atoms with Crippen LogP contribution in [0.4, 0.5) is 13.2 Å². The van der Waals surface area contributed by atoms with E-state index in [2.05, 4.69) is 15.4 Å². The van der Waals surface area contributed by atoms with Crippen LogP contribution in [-0.4, -0.2) is 38.5 Å². The molecule has 6 nitrogen and oxygen atoms in total. The maximum atomic E-state index is 14.2. The molecule has 3 heterocycles. The topological polar surface area (TPSA) is 85.3 Å². The van der Waals surface area contributed by atoms with Gasteiger partial charge in [-0.15, -0.1) is 11.3 Å². The van der Waals surface area contributed by atoms with Gasteiger partial charge in [-0.25, -0.2) is 22.7 Å². The lowest BCUT2D eigenvalue weighted by Gasteiger charge is -2.36. The van der Waals surface area contributed by atoms with Crippen molar-refractivity contribution in [3.63, 3.8) is 0 Å². The Balaban J connectivity index is 1.38. The fourth-order valence-electron chi connectivity index (χ4n) is 4.10. The van der Waals surface area contributed by atoms with Gasteiger partial charge < -0.3 is 11.1 Å². The molecule has 0 spiro atoms. The summed E-state index contributed by atoms with van der Waals surface area (Å²) in [6.07, 6.45) is 3.79. The quantitative estimate of drug-likeness (QED) is 0.459. The van der Waals surface area contributed by atoms with Gasteiger partial charge in [-0.2, -0.15) is 5.10 Å². The number of hydrogen-bond donors (Lipinski definition) is 2. The van der Waals surface area contributed by atoms with E-state index in [4.69, 9.17) is 5.73 Å². The van der Waals surface area contributed by atoms with Crippen LogP contribution in [0.2, 0.25) is 0 Å². The van der Waals surface area contributed by atoms with Gasteiger partial charge in [0, 0.05) is 29.0 Å². The van der Waals surface area contributed by atoms with Crippen LogP contribution >= 0.6 is 11.3 Å². The van der Waals surface area contributed by atoms with Crippen molar-refractivity contribution in [3.8, 4) is 22.4 Å². The molecule has 10 heteroatoms. The first kappa shape index (κ1) is 21.6. The smallest absolute Gasteiger partial charge is 0.269 e. The summed E-state index contributed by atoms with van der Waals surface area (Å²) < 4.78 is 43.3. The number of carbonyl (C=O) groups is 1. The summed E-state index contributed by atoms with van der Waals surface area (Å²) in [4.78, 5) is 17.4. The van der Waals surface area contributed by atoms with Crippen molar-refractivity contribution in [2.24, 2.45) is 5.73 Å². The molecule has 0 saturated heterocycles. The number of halogens is 3. The lowest BCUT2D eigenvalue weighted by atomic mass is 9.87. The number of alkyl halides is 2. The number of rotatable bonds is 4. The summed E-state index contributed by atoms with van der Waals surface area (Å²) in [6.45, 7) is 0. The third-order valence-electron chi connectivity index (χ3n) is 5.88. The van der Waals surface area contributed by atoms with Gasteiger partial charge in [-0.1, -0.05) is 12.1 Å². The molecule has 0 bridgehead atoms. The second kappa shape index (κ2) is 8.27. The van der Waals surface area contributed by atoms with Gasteiger partial charge in [0.1, 0.15) is 11.9 Å². The van der Waals surface area contributed by atoms with Crippen molar-refractivity contribution in [2.75, 3.05) is 0 Å². The maximum Gasteiger partial charge on any atom is 0.269 e. The van der Waals surface area contributed by atoms with E-state index in [9.17, 15) is 18.0 Å². The van der Waals surface area contributed by atoms with E-state index in [0.29, 0.717) is 34.6 Å². The van der Waals surface area contributed by atoms with Crippen LogP contribution in [0.25, 0.3) is 28.0 Å². The molecule has 1 amide bonds. The molecule has 1 aliphatic carbocycles. The number of amides is 1. The number of hydrogen-bond acceptors (Lipinski definition) is 5. The van der Waals surface area contributed by atoms with Gasteiger partial charge in [0.25, 0.3) is 11.8 Å². The Kier molecular flexibility index (Phi) is 5.41. The molecular weight excluding hydrogens is 451 g/mol. The molecule has 3 aromatic heterocycles. The Hall–Kier alpha value is -3.24. The van der Waals surface area contributed by atoms with E-state index in [1.54, 1.807) is 40.5 Å². The monoisotopic (exact) mass is 471 g/mol. The number of carbonyl (C=O) groups excluding carboxylic acids is 1. The third kappa shape index (κ3) is 4.11. The number of nitrogens with two attached hydrogens (primary N) is 1. The van der Waals surface area contributed by atoms with Crippen LogP contribution in [0.1, 0.15) is 28.9 Å². The Bertz CT molecular complexity index is 1320. The Labute approximate surface area is 191 Å². The number of aromatic nitrogens is 3. The second-order valence-electron chi connectivity index (χ2n) is 8.13. The maximum absolute atomic E-state index is 14.2. The van der Waals surface area contributed by atoms with Crippen LogP contribution in [0.5, 0.6) is 0 Å². The minimum Gasteiger partial charge on any atom is -0.341 e. The molecular formula is C23H20F3N5OS. The predicted molar refractivity (Wildman–Crippen MR) is 120 cm³/mol. The number of fused-ring (bicyclic) bond motifs is 1. The van der Waals surface area contributed by atoms with E-state index < -0.39 is 23.9 Å². The zero-order valence-electron chi connectivity index (χ0n) is 17.3. The number of nitrogens with zero attached hydrogens (tertiary/aromatic N) is 3. The standard InChI is InChI=1S/C23H20F3N5OS/c24-16-5-3-13(4-6-16)14-9-20-28-11-18(31(20)29-10-14)15-8-19(33-12-15)22(32)30-21-17(27)2-1-7-23(21,25)26/h3-6,8-12,17,21H,1-2,7,27H2,(H,30,32)/t17-,21?/m1/s1. The molecule has 0 radical (unpaired) electrons. The van der Waals surface area contributed by atoms with Gasteiger partial charge in [0.05, 0.1) is 23.0 Å². The van der Waals surface area contributed by atoms with E-state index in [1.807, 2.05) is 6.07 Å². The molecule has 1 saturated carbocycles. The van der Waals surface area contributed by atoms with Crippen molar-refractivity contribution in [1.29, 1.82) is 0 Å². The van der Waals surface area contributed by atoms with E-state index >= 15 is 0 Å². The molecule has 33 heavy (non-hydrogen) atoms. The minimum absolute atomic E-state index is 0.283. The van der Waals surface area contributed by atoms with Crippen molar-refractivity contribution < 1.29 is 18.0 Å². The molecule has 4 aromatic rings. The summed E-state index contributed by atoms with van der Waals surface area (Å²) in [5.74, 6) is -3.92. The van der Waals surface area contributed by atoms with Gasteiger partial charge in [0.2, 0.25) is 0 Å². The Morgan fingerprint density at radius 3 is 2.70 bits per heavy atom. The highest BCUT2D eigenvalue weighted by Crippen LogP contribution is 2.34. The summed E-state index contributed by atoms with van der Waals surface area (Å²) in [5, 5.41) is 8.63. The van der Waals surface area contributed by atoms with E-state index in [0.717, 1.165) is 22.5 Å². The molecule has 5 rings (SSSR count). The first-order chi connectivity index (χ1) is 15.8. The summed E-state index contributed by atoms with van der Waals surface area (Å²) in [6, 6.07) is 7.38. The Morgan fingerprint density at radius 1 is 1.15 bits per heavy atom. The van der Waals surface area contributed by atoms with Gasteiger partial charge >= 0.3 is 0 Å². The number of nitrogens with one attached hydrogen (secondary N) is 1. The van der Waals surface area contributed by atoms with Gasteiger partial charge in [-0.3, -0.25) is 4.79 Å². The van der Waals surface area contributed by atoms with Crippen molar-refractivity contribution >= 4 is 22.9 Å². The molecule has 2 atom stereocenters. The number of thiophene rings is 1. The average Bonchev–Trinajstić information content (AvgIpc) is 3.43. The first-order valence-electron chi connectivity index (χ1n) is 10.4. The molecule has 170 valence electrons. The zero-order chi connectivity index (χ0) is 23.2. The molecule has 1 unspecified atom stereocenters. The normalized spacial score (nSPS) is 20.1. The summed E-state index contributed by atoms with van der Waals surface area (Å²) in [7, 11) is 0. The fourth-order valence-corrected chi connectivity index (χ4v) is 4.90. The van der Waals surface area contributed by atoms with Gasteiger partial charge in [-0.05, 0) is 42.7 Å². The lowest BCUT2D eigenvalue weighted by Crippen LogP contribution is -2.59. The van der Waals surface area contributed by atoms with Crippen LogP contribution in [0.15, 0.2) is 54.2 Å². The fraction of sp³-hybridized carbons (Fsp3) is 0.261. The average molecular weight is 472 g/mol. The third-order valence-corrected chi connectivity index (χ3v) is 6.80. The number of benzene rings is 1. The van der Waals surface area contributed by atoms with Crippen LogP contribution in [0, 0.1) is 5.82 Å². The van der Waals surface area contributed by atoms with Crippen molar-refractivity contribution in [2.45, 2.75) is 37.3 Å². The highest BCUT2D eigenvalue weighted by Gasteiger charge is 2.46. The lowest BCUT2D eigenvalue weighted by molar-refractivity contribution is -0.0674. The van der Waals surface area contributed by atoms with Crippen LogP contribution in [-0.2, 0) is 0 Å². The second-order valence-corrected chi connectivity index (χ2v) is 9.04. The Morgan fingerprint density at radius 2 is 1.94 bits per heavy atom. The highest BCUT2D eigenvalue weighted by molar-refractivity contribution is 7.12. The van der Waals surface area contributed by atoms with Crippen molar-refractivity contribution in [3.05, 3.63) is 64.9 Å². The summed E-state index contributed by atoms with van der Waals surface area (Å²) >= 11 is 1.15. The highest BCUT2D eigenvalue weighted by atomic mass is 32.1. The molecule has 1 fully saturated rings. The summed E-state index contributed by atoms with van der Waals surface area (Å²) in [5.41, 5.74) is 9.39. The molecule has 0 aliphatic heterocycles. The molecule has 3 N–H and O–H groups in total. The minimum atomic E-state index is -3.03. The van der Waals surface area contributed by atoms with E-state index in [1.165, 1.54) is 12.1 Å². The van der Waals surface area contributed by atoms with E-state index in [-0.39, 0.29) is 12.2 Å².